The lowest BCUT2D eigenvalue weighted by molar-refractivity contribution is 0.0947. The highest BCUT2D eigenvalue weighted by Gasteiger charge is 2.15. The Bertz CT molecular complexity index is 1040. The third-order valence-electron chi connectivity index (χ3n) is 4.28. The van der Waals surface area contributed by atoms with Crippen molar-refractivity contribution >= 4 is 22.5 Å². The normalized spacial score (nSPS) is 11.8. The number of benzene rings is 2. The van der Waals surface area contributed by atoms with Crippen molar-refractivity contribution in [3.63, 3.8) is 0 Å². The van der Waals surface area contributed by atoms with Crippen molar-refractivity contribution in [2.75, 3.05) is 17.7 Å². The number of hydrogen-bond acceptors (Lipinski definition) is 5. The van der Waals surface area contributed by atoms with Crippen LogP contribution in [0.5, 0.6) is 0 Å². The summed E-state index contributed by atoms with van der Waals surface area (Å²) in [4.78, 5) is 20.8. The summed E-state index contributed by atoms with van der Waals surface area (Å²) in [5.74, 6) is -0.565. The largest absolute Gasteiger partial charge is 0.382 e. The van der Waals surface area contributed by atoms with E-state index >= 15 is 0 Å². The molecule has 3 aromatic rings. The maximum atomic E-state index is 14.6. The molecule has 1 atom stereocenters. The van der Waals surface area contributed by atoms with Crippen LogP contribution < -0.4 is 11.1 Å². The maximum absolute atomic E-state index is 14.6. The lowest BCUT2D eigenvalue weighted by atomic mass is 10.1. The van der Waals surface area contributed by atoms with E-state index in [0.717, 1.165) is 5.56 Å². The summed E-state index contributed by atoms with van der Waals surface area (Å²) in [6, 6.07) is 13.6. The van der Waals surface area contributed by atoms with Gasteiger partial charge in [0.15, 0.2) is 0 Å². The monoisotopic (exact) mass is 412 g/mol. The second-order valence-corrected chi connectivity index (χ2v) is 8.04. The molecule has 2 aromatic carbocycles. The van der Waals surface area contributed by atoms with Crippen LogP contribution in [-0.2, 0) is 23.8 Å². The van der Waals surface area contributed by atoms with E-state index in [1.165, 1.54) is 18.3 Å². The smallest absolute Gasteiger partial charge is 0.254 e. The topological polar surface area (TPSA) is 98.0 Å². The van der Waals surface area contributed by atoms with Crippen LogP contribution in [0.15, 0.2) is 54.7 Å². The van der Waals surface area contributed by atoms with Crippen LogP contribution in [0.2, 0.25) is 0 Å². The fourth-order valence-corrected chi connectivity index (χ4v) is 3.23. The van der Waals surface area contributed by atoms with Crippen molar-refractivity contribution in [3.8, 4) is 11.3 Å². The molecular weight excluding hydrogens is 391 g/mol. The van der Waals surface area contributed by atoms with Gasteiger partial charge in [0.1, 0.15) is 17.3 Å². The molecule has 0 fully saturated rings. The van der Waals surface area contributed by atoms with Crippen molar-refractivity contribution in [2.45, 2.75) is 13.0 Å². The van der Waals surface area contributed by atoms with Gasteiger partial charge in [0.2, 0.25) is 0 Å². The van der Waals surface area contributed by atoms with Crippen LogP contribution >= 0.6 is 0 Å². The van der Waals surface area contributed by atoms with E-state index < -0.39 is 22.5 Å². The highest BCUT2D eigenvalue weighted by Crippen LogP contribution is 2.24. The first kappa shape index (κ1) is 20.6. The minimum atomic E-state index is -0.954. The van der Waals surface area contributed by atoms with Gasteiger partial charge in [0, 0.05) is 41.3 Å². The minimum absolute atomic E-state index is 0.0613. The zero-order valence-electron chi connectivity index (χ0n) is 15.9. The zero-order chi connectivity index (χ0) is 20.8. The summed E-state index contributed by atoms with van der Waals surface area (Å²) >= 11 is 0. The summed E-state index contributed by atoms with van der Waals surface area (Å²) in [5, 5.41) is 2.70. The number of aromatic nitrogens is 2. The Hall–Kier alpha value is -3.13. The van der Waals surface area contributed by atoms with Gasteiger partial charge in [-0.25, -0.2) is 14.4 Å². The number of aryl methyl sites for hydroxylation is 1. The molecule has 1 aromatic heterocycles. The molecule has 6 nitrogen and oxygen atoms in total. The molecule has 0 aliphatic rings. The molecule has 0 radical (unpaired) electrons. The van der Waals surface area contributed by atoms with Gasteiger partial charge in [0.05, 0.1) is 17.5 Å². The van der Waals surface area contributed by atoms with E-state index in [9.17, 15) is 13.4 Å². The average molecular weight is 412 g/mol. The van der Waals surface area contributed by atoms with E-state index in [0.29, 0.717) is 35.7 Å². The van der Waals surface area contributed by atoms with Gasteiger partial charge < -0.3 is 11.1 Å². The van der Waals surface area contributed by atoms with Gasteiger partial charge in [-0.05, 0) is 17.7 Å². The van der Waals surface area contributed by atoms with E-state index in [-0.39, 0.29) is 11.4 Å². The van der Waals surface area contributed by atoms with E-state index in [2.05, 4.69) is 15.3 Å². The van der Waals surface area contributed by atoms with E-state index in [1.54, 1.807) is 12.3 Å². The van der Waals surface area contributed by atoms with Crippen molar-refractivity contribution in [1.82, 2.24) is 15.3 Å². The molecule has 0 saturated carbocycles. The van der Waals surface area contributed by atoms with Crippen LogP contribution in [0.4, 0.5) is 10.2 Å². The molecule has 1 heterocycles. The molecule has 150 valence electrons. The van der Waals surface area contributed by atoms with Gasteiger partial charge >= 0.3 is 0 Å². The molecule has 0 aliphatic heterocycles. The van der Waals surface area contributed by atoms with Gasteiger partial charge in [0.25, 0.3) is 5.91 Å². The van der Waals surface area contributed by atoms with Gasteiger partial charge in [-0.15, -0.1) is 0 Å². The first-order valence-electron chi connectivity index (χ1n) is 8.97. The lowest BCUT2D eigenvalue weighted by Crippen LogP contribution is -2.23. The fraction of sp³-hybridized carbons (Fsp3) is 0.190. The third kappa shape index (κ3) is 5.45. The highest BCUT2D eigenvalue weighted by atomic mass is 32.2. The first-order valence-corrected chi connectivity index (χ1v) is 10.7. The van der Waals surface area contributed by atoms with Crippen molar-refractivity contribution in [3.05, 3.63) is 77.4 Å². The number of anilines is 1. The van der Waals surface area contributed by atoms with Crippen LogP contribution in [0.25, 0.3) is 11.3 Å². The van der Waals surface area contributed by atoms with Crippen LogP contribution in [0.3, 0.4) is 0 Å². The molecule has 3 rings (SSSR count). The van der Waals surface area contributed by atoms with Gasteiger partial charge in [-0.1, -0.05) is 36.4 Å². The number of nitrogens with two attached hydrogens (primary N) is 1. The van der Waals surface area contributed by atoms with Crippen molar-refractivity contribution < 1.29 is 13.4 Å². The quantitative estimate of drug-likeness (QED) is 0.622. The Morgan fingerprint density at radius 2 is 1.97 bits per heavy atom. The standard InChI is InChI=1S/C21H21FN4O2S/c1-29(28)10-9-16-13-24-20(23)19(26-16)15-7-8-17(18(22)11-15)21(27)25-12-14-5-3-2-4-6-14/h2-8,11,13H,9-10,12H2,1H3,(H2,23,24)(H,25,27). The number of carbonyl (C=O) groups is 1. The fourth-order valence-electron chi connectivity index (χ4n) is 2.74. The third-order valence-corrected chi connectivity index (χ3v) is 5.06. The lowest BCUT2D eigenvalue weighted by Gasteiger charge is -2.10. The number of carbonyl (C=O) groups excluding carboxylic acids is 1. The Labute approximate surface area is 170 Å². The Morgan fingerprint density at radius 3 is 2.66 bits per heavy atom. The molecule has 0 spiro atoms. The summed E-state index contributed by atoms with van der Waals surface area (Å²) < 4.78 is 25.9. The number of hydrogen-bond donors (Lipinski definition) is 2. The average Bonchev–Trinajstić information content (AvgIpc) is 2.72. The number of rotatable bonds is 7. The van der Waals surface area contributed by atoms with Gasteiger partial charge in [-0.3, -0.25) is 9.00 Å². The van der Waals surface area contributed by atoms with E-state index in [1.807, 2.05) is 30.3 Å². The number of nitrogens with zero attached hydrogens (tertiary/aromatic N) is 2. The number of halogens is 1. The molecule has 3 N–H and O–H groups in total. The maximum Gasteiger partial charge on any atom is 0.254 e. The number of nitrogens with one attached hydrogen (secondary N) is 1. The van der Waals surface area contributed by atoms with Crippen molar-refractivity contribution in [1.29, 1.82) is 0 Å². The molecule has 0 aliphatic carbocycles. The van der Waals surface area contributed by atoms with Gasteiger partial charge in [-0.2, -0.15) is 0 Å². The second-order valence-electron chi connectivity index (χ2n) is 6.49. The van der Waals surface area contributed by atoms with Crippen molar-refractivity contribution in [2.24, 2.45) is 0 Å². The van der Waals surface area contributed by atoms with Crippen LogP contribution in [-0.4, -0.2) is 32.1 Å². The highest BCUT2D eigenvalue weighted by molar-refractivity contribution is 7.84. The first-order chi connectivity index (χ1) is 13.9. The molecule has 0 saturated heterocycles. The predicted octanol–water partition coefficient (Wildman–Crippen LogP) is 2.72. The summed E-state index contributed by atoms with van der Waals surface area (Å²) in [6.45, 7) is 0.306. The Balaban J connectivity index is 1.77. The molecular formula is C21H21FN4O2S. The molecule has 29 heavy (non-hydrogen) atoms. The molecule has 0 bridgehead atoms. The number of nitrogen functional groups attached to an aromatic ring is 1. The van der Waals surface area contributed by atoms with Crippen LogP contribution in [0, 0.1) is 5.82 Å². The summed E-state index contributed by atoms with van der Waals surface area (Å²) in [5.41, 5.74) is 8.14. The SMILES string of the molecule is CS(=O)CCc1cnc(N)c(-c2ccc(C(=O)NCc3ccccc3)c(F)c2)n1. The predicted molar refractivity (Wildman–Crippen MR) is 112 cm³/mol. The summed E-state index contributed by atoms with van der Waals surface area (Å²) in [6.07, 6.45) is 3.61. The van der Waals surface area contributed by atoms with Crippen LogP contribution in [0.1, 0.15) is 21.6 Å². The minimum Gasteiger partial charge on any atom is -0.382 e. The molecule has 1 amide bonds. The Kier molecular flexibility index (Phi) is 6.66. The second kappa shape index (κ2) is 9.38. The van der Waals surface area contributed by atoms with E-state index in [4.69, 9.17) is 5.73 Å². The zero-order valence-corrected chi connectivity index (χ0v) is 16.7. The molecule has 1 unspecified atom stereocenters. The Morgan fingerprint density at radius 1 is 1.21 bits per heavy atom. The summed E-state index contributed by atoms with van der Waals surface area (Å²) in [7, 11) is -0.954. The number of amides is 1. The molecule has 8 heteroatoms.